The summed E-state index contributed by atoms with van der Waals surface area (Å²) >= 11 is 0. The van der Waals surface area contributed by atoms with Crippen molar-refractivity contribution in [2.75, 3.05) is 13.7 Å². The van der Waals surface area contributed by atoms with E-state index < -0.39 is 0 Å². The average molecular weight is 275 g/mol. The fourth-order valence-corrected chi connectivity index (χ4v) is 1.97. The first-order valence-electron chi connectivity index (χ1n) is 6.50. The molecule has 0 aliphatic carbocycles. The van der Waals surface area contributed by atoms with Gasteiger partial charge in [0.05, 0.1) is 7.11 Å². The molecule has 0 spiro atoms. The standard InChI is InChI=1S/C16H18FNO2/c1-20-15-6-5-13(16(19)10-15)11-18-8-7-12-3-2-4-14(17)9-12/h2-6,9-10,18-19H,7-8,11H2,1H3. The van der Waals surface area contributed by atoms with Crippen LogP contribution in [-0.2, 0) is 13.0 Å². The lowest BCUT2D eigenvalue weighted by molar-refractivity contribution is 0.406. The quantitative estimate of drug-likeness (QED) is 0.797. The first-order valence-corrected chi connectivity index (χ1v) is 6.50. The van der Waals surface area contributed by atoms with E-state index in [2.05, 4.69) is 5.32 Å². The minimum absolute atomic E-state index is 0.211. The Morgan fingerprint density at radius 1 is 1.20 bits per heavy atom. The third-order valence-electron chi connectivity index (χ3n) is 3.09. The van der Waals surface area contributed by atoms with Crippen molar-refractivity contribution in [1.29, 1.82) is 0 Å². The highest BCUT2D eigenvalue weighted by molar-refractivity contribution is 5.39. The number of phenolic OH excluding ortho intramolecular Hbond substituents is 1. The molecule has 0 aromatic heterocycles. The number of rotatable bonds is 6. The van der Waals surface area contributed by atoms with Crippen LogP contribution in [0.4, 0.5) is 4.39 Å². The molecule has 0 saturated carbocycles. The number of halogens is 1. The van der Waals surface area contributed by atoms with Gasteiger partial charge in [-0.25, -0.2) is 4.39 Å². The van der Waals surface area contributed by atoms with E-state index in [0.717, 1.165) is 24.1 Å². The second kappa shape index (κ2) is 6.91. The van der Waals surface area contributed by atoms with Crippen molar-refractivity contribution in [2.24, 2.45) is 0 Å². The molecule has 2 rings (SSSR count). The molecule has 3 nitrogen and oxygen atoms in total. The number of phenols is 1. The maximum atomic E-state index is 13.0. The van der Waals surface area contributed by atoms with Crippen LogP contribution in [0.3, 0.4) is 0 Å². The van der Waals surface area contributed by atoms with E-state index in [9.17, 15) is 9.50 Å². The molecule has 0 atom stereocenters. The Balaban J connectivity index is 1.81. The zero-order chi connectivity index (χ0) is 14.4. The van der Waals surface area contributed by atoms with Crippen molar-refractivity contribution in [1.82, 2.24) is 5.32 Å². The first kappa shape index (κ1) is 14.3. The van der Waals surface area contributed by atoms with Gasteiger partial charge in [0.25, 0.3) is 0 Å². The minimum Gasteiger partial charge on any atom is -0.507 e. The predicted molar refractivity (Wildman–Crippen MR) is 76.5 cm³/mol. The third-order valence-corrected chi connectivity index (χ3v) is 3.09. The fraction of sp³-hybridized carbons (Fsp3) is 0.250. The van der Waals surface area contributed by atoms with Crippen molar-refractivity contribution in [3.63, 3.8) is 0 Å². The highest BCUT2D eigenvalue weighted by Crippen LogP contribution is 2.23. The van der Waals surface area contributed by atoms with Crippen molar-refractivity contribution < 1.29 is 14.2 Å². The predicted octanol–water partition coefficient (Wildman–Crippen LogP) is 2.87. The summed E-state index contributed by atoms with van der Waals surface area (Å²) in [5.41, 5.74) is 1.77. The lowest BCUT2D eigenvalue weighted by Gasteiger charge is -2.08. The largest absolute Gasteiger partial charge is 0.507 e. The van der Waals surface area contributed by atoms with E-state index in [1.165, 1.54) is 12.1 Å². The van der Waals surface area contributed by atoms with Crippen molar-refractivity contribution in [3.8, 4) is 11.5 Å². The van der Waals surface area contributed by atoms with Crippen molar-refractivity contribution in [3.05, 3.63) is 59.4 Å². The van der Waals surface area contributed by atoms with Crippen molar-refractivity contribution in [2.45, 2.75) is 13.0 Å². The highest BCUT2D eigenvalue weighted by atomic mass is 19.1. The molecule has 0 saturated heterocycles. The monoisotopic (exact) mass is 275 g/mol. The molecule has 0 aliphatic rings. The van der Waals surface area contributed by atoms with Crippen LogP contribution in [0.1, 0.15) is 11.1 Å². The summed E-state index contributed by atoms with van der Waals surface area (Å²) in [6, 6.07) is 11.8. The number of hydrogen-bond donors (Lipinski definition) is 2. The van der Waals surface area contributed by atoms with Gasteiger partial charge >= 0.3 is 0 Å². The van der Waals surface area contributed by atoms with Crippen LogP contribution in [-0.4, -0.2) is 18.8 Å². The number of nitrogens with one attached hydrogen (secondary N) is 1. The van der Waals surface area contributed by atoms with Crippen LogP contribution in [0.15, 0.2) is 42.5 Å². The van der Waals surface area contributed by atoms with Crippen molar-refractivity contribution >= 4 is 0 Å². The van der Waals surface area contributed by atoms with Crippen LogP contribution in [0.5, 0.6) is 11.5 Å². The minimum atomic E-state index is -0.213. The number of aromatic hydroxyl groups is 1. The number of ether oxygens (including phenoxy) is 1. The molecule has 2 N–H and O–H groups in total. The Morgan fingerprint density at radius 3 is 2.75 bits per heavy atom. The molecule has 0 amide bonds. The van der Waals surface area contributed by atoms with E-state index >= 15 is 0 Å². The van der Waals surface area contributed by atoms with Crippen LogP contribution in [0.2, 0.25) is 0 Å². The van der Waals surface area contributed by atoms with Crippen LogP contribution >= 0.6 is 0 Å². The smallest absolute Gasteiger partial charge is 0.123 e. The van der Waals surface area contributed by atoms with Gasteiger partial charge in [-0.05, 0) is 36.7 Å². The van der Waals surface area contributed by atoms with Gasteiger partial charge in [0.15, 0.2) is 0 Å². The Morgan fingerprint density at radius 2 is 2.05 bits per heavy atom. The van der Waals surface area contributed by atoms with Crippen LogP contribution in [0.25, 0.3) is 0 Å². The summed E-state index contributed by atoms with van der Waals surface area (Å²) in [4.78, 5) is 0. The maximum absolute atomic E-state index is 13.0. The number of hydrogen-bond acceptors (Lipinski definition) is 3. The highest BCUT2D eigenvalue weighted by Gasteiger charge is 2.02. The Hall–Kier alpha value is -2.07. The second-order valence-corrected chi connectivity index (χ2v) is 4.55. The van der Waals surface area contributed by atoms with Crippen LogP contribution in [0, 0.1) is 5.82 Å². The summed E-state index contributed by atoms with van der Waals surface area (Å²) in [7, 11) is 1.56. The molecule has 0 heterocycles. The molecule has 2 aromatic rings. The van der Waals surface area contributed by atoms with E-state index in [-0.39, 0.29) is 11.6 Å². The van der Waals surface area contributed by atoms with Gasteiger partial charge in [0.1, 0.15) is 17.3 Å². The van der Waals surface area contributed by atoms with Gasteiger partial charge < -0.3 is 15.2 Å². The average Bonchev–Trinajstić information content (AvgIpc) is 2.45. The zero-order valence-corrected chi connectivity index (χ0v) is 11.4. The summed E-state index contributed by atoms with van der Waals surface area (Å²) in [5, 5.41) is 13.0. The van der Waals surface area contributed by atoms with Gasteiger partial charge in [-0.3, -0.25) is 0 Å². The number of methoxy groups -OCH3 is 1. The number of benzene rings is 2. The van der Waals surface area contributed by atoms with E-state index in [1.807, 2.05) is 18.2 Å². The topological polar surface area (TPSA) is 41.5 Å². The zero-order valence-electron chi connectivity index (χ0n) is 11.4. The fourth-order valence-electron chi connectivity index (χ4n) is 1.97. The lowest BCUT2D eigenvalue weighted by Crippen LogP contribution is -2.16. The summed E-state index contributed by atoms with van der Waals surface area (Å²) < 4.78 is 18.0. The lowest BCUT2D eigenvalue weighted by atomic mass is 10.1. The van der Waals surface area contributed by atoms with E-state index in [1.54, 1.807) is 19.2 Å². The molecule has 0 unspecified atom stereocenters. The molecule has 20 heavy (non-hydrogen) atoms. The Kier molecular flexibility index (Phi) is 4.96. The van der Waals surface area contributed by atoms with E-state index in [4.69, 9.17) is 4.74 Å². The molecule has 2 aromatic carbocycles. The summed E-state index contributed by atoms with van der Waals surface area (Å²) in [5.74, 6) is 0.629. The molecular formula is C16H18FNO2. The summed E-state index contributed by atoms with van der Waals surface area (Å²) in [6.45, 7) is 1.28. The Labute approximate surface area is 118 Å². The SMILES string of the molecule is COc1ccc(CNCCc2cccc(F)c2)c(O)c1. The molecule has 0 fully saturated rings. The van der Waals surface area contributed by atoms with Gasteiger partial charge in [0.2, 0.25) is 0 Å². The molecule has 0 radical (unpaired) electrons. The van der Waals surface area contributed by atoms with Gasteiger partial charge in [-0.1, -0.05) is 18.2 Å². The van der Waals surface area contributed by atoms with Crippen LogP contribution < -0.4 is 10.1 Å². The Bertz CT molecular complexity index is 572. The molecule has 0 aliphatic heterocycles. The third kappa shape index (κ3) is 3.96. The molecule has 106 valence electrons. The molecule has 0 bridgehead atoms. The maximum Gasteiger partial charge on any atom is 0.123 e. The normalized spacial score (nSPS) is 10.5. The summed E-state index contributed by atoms with van der Waals surface area (Å²) in [6.07, 6.45) is 0.745. The molecular weight excluding hydrogens is 257 g/mol. The van der Waals surface area contributed by atoms with E-state index in [0.29, 0.717) is 12.3 Å². The second-order valence-electron chi connectivity index (χ2n) is 4.55. The molecule has 4 heteroatoms. The van der Waals surface area contributed by atoms with Gasteiger partial charge in [-0.2, -0.15) is 0 Å². The first-order chi connectivity index (χ1) is 9.69. The van der Waals surface area contributed by atoms with Gasteiger partial charge in [0, 0.05) is 18.2 Å². The van der Waals surface area contributed by atoms with Gasteiger partial charge in [-0.15, -0.1) is 0 Å².